The summed E-state index contributed by atoms with van der Waals surface area (Å²) in [6.45, 7) is 1.26. The molecule has 0 spiro atoms. The van der Waals surface area contributed by atoms with Gasteiger partial charge in [0.15, 0.2) is 0 Å². The maximum Gasteiger partial charge on any atom is 0.323 e. The highest BCUT2D eigenvalue weighted by molar-refractivity contribution is 5.75. The average Bonchev–Trinajstić information content (AvgIpc) is 2.37. The monoisotopic (exact) mass is 262 g/mol. The van der Waals surface area contributed by atoms with Crippen molar-refractivity contribution in [2.75, 3.05) is 18.0 Å². The molecule has 0 bridgehead atoms. The van der Waals surface area contributed by atoms with Crippen LogP contribution in [0.2, 0.25) is 0 Å². The summed E-state index contributed by atoms with van der Waals surface area (Å²) in [7, 11) is 0. The summed E-state index contributed by atoms with van der Waals surface area (Å²) in [6.07, 6.45) is 0. The Labute approximate surface area is 110 Å². The van der Waals surface area contributed by atoms with E-state index >= 15 is 0 Å². The van der Waals surface area contributed by atoms with Gasteiger partial charge in [-0.25, -0.2) is 0 Å². The summed E-state index contributed by atoms with van der Waals surface area (Å²) < 4.78 is 0. The van der Waals surface area contributed by atoms with Crippen LogP contribution in [0.4, 0.5) is 5.69 Å². The lowest BCUT2D eigenvalue weighted by atomic mass is 10.1. The fourth-order valence-corrected chi connectivity index (χ4v) is 1.61. The van der Waals surface area contributed by atoms with Gasteiger partial charge in [0.2, 0.25) is 0 Å². The van der Waals surface area contributed by atoms with Crippen molar-refractivity contribution in [1.29, 1.82) is 5.26 Å². The van der Waals surface area contributed by atoms with Crippen LogP contribution in [0.15, 0.2) is 24.3 Å². The van der Waals surface area contributed by atoms with Crippen molar-refractivity contribution >= 4 is 17.6 Å². The van der Waals surface area contributed by atoms with Crippen LogP contribution in [0.5, 0.6) is 0 Å². The van der Waals surface area contributed by atoms with Crippen LogP contribution >= 0.6 is 0 Å². The molecule has 1 rings (SSSR count). The highest BCUT2D eigenvalue weighted by Gasteiger charge is 2.18. The van der Waals surface area contributed by atoms with Gasteiger partial charge in [-0.3, -0.25) is 9.59 Å². The van der Waals surface area contributed by atoms with Gasteiger partial charge in [0, 0.05) is 12.2 Å². The van der Waals surface area contributed by atoms with E-state index in [9.17, 15) is 9.59 Å². The number of anilines is 1. The van der Waals surface area contributed by atoms with E-state index in [1.54, 1.807) is 18.2 Å². The Morgan fingerprint density at radius 1 is 1.42 bits per heavy atom. The molecule has 0 heterocycles. The second kappa shape index (κ2) is 6.40. The Morgan fingerprint density at radius 2 is 2.11 bits per heavy atom. The number of benzene rings is 1. The average molecular weight is 262 g/mol. The Hall–Kier alpha value is -2.55. The molecule has 6 nitrogen and oxygen atoms in total. The third-order valence-corrected chi connectivity index (χ3v) is 2.58. The van der Waals surface area contributed by atoms with Crippen LogP contribution in [-0.4, -0.2) is 35.2 Å². The lowest BCUT2D eigenvalue weighted by Gasteiger charge is -2.24. The second-order valence-electron chi connectivity index (χ2n) is 4.18. The normalized spacial score (nSPS) is 11.4. The Bertz CT molecular complexity index is 522. The zero-order chi connectivity index (χ0) is 14.4. The first kappa shape index (κ1) is 14.5. The quantitative estimate of drug-likeness (QED) is 0.797. The fourth-order valence-electron chi connectivity index (χ4n) is 1.61. The molecule has 1 unspecified atom stereocenters. The molecule has 6 heteroatoms. The van der Waals surface area contributed by atoms with Gasteiger partial charge < -0.3 is 15.1 Å². The molecule has 100 valence electrons. The maximum atomic E-state index is 10.8. The summed E-state index contributed by atoms with van der Waals surface area (Å²) in [6, 6.07) is 8.38. The van der Waals surface area contributed by atoms with E-state index in [1.165, 1.54) is 17.9 Å². The molecule has 0 aliphatic carbocycles. The lowest BCUT2D eigenvalue weighted by molar-refractivity contribution is -0.141. The molecule has 2 N–H and O–H groups in total. The molecule has 0 fully saturated rings. The first-order valence-corrected chi connectivity index (χ1v) is 5.63. The number of hydrogen-bond acceptors (Lipinski definition) is 4. The van der Waals surface area contributed by atoms with Crippen LogP contribution < -0.4 is 4.90 Å². The number of hydrogen-bond donors (Lipinski definition) is 2. The highest BCUT2D eigenvalue weighted by Crippen LogP contribution is 2.17. The molecule has 1 aromatic rings. The van der Waals surface area contributed by atoms with Crippen molar-refractivity contribution in [3.05, 3.63) is 29.8 Å². The molecule has 0 radical (unpaired) electrons. The standard InChI is InChI=1S/C13H14N2O4/c1-9(13(18)19)7-15(8-12(16)17)11-4-2-3-10(5-11)6-14/h2-5,9H,7-8H2,1H3,(H,16,17)(H,18,19). The zero-order valence-corrected chi connectivity index (χ0v) is 10.4. The van der Waals surface area contributed by atoms with E-state index in [1.807, 2.05) is 6.07 Å². The molecule has 0 aromatic heterocycles. The van der Waals surface area contributed by atoms with Gasteiger partial charge in [0.05, 0.1) is 17.6 Å². The Kier molecular flexibility index (Phi) is 4.89. The topological polar surface area (TPSA) is 102 Å². The summed E-state index contributed by atoms with van der Waals surface area (Å²) >= 11 is 0. The third-order valence-electron chi connectivity index (χ3n) is 2.58. The van der Waals surface area contributed by atoms with Crippen LogP contribution in [0, 0.1) is 17.2 Å². The predicted molar refractivity (Wildman–Crippen MR) is 67.8 cm³/mol. The van der Waals surface area contributed by atoms with Crippen LogP contribution in [0.3, 0.4) is 0 Å². The molecular weight excluding hydrogens is 248 g/mol. The summed E-state index contributed by atoms with van der Waals surface area (Å²) in [5.74, 6) is -2.75. The molecule has 1 atom stereocenters. The Balaban J connectivity index is 2.98. The van der Waals surface area contributed by atoms with Crippen molar-refractivity contribution in [2.24, 2.45) is 5.92 Å². The van der Waals surface area contributed by atoms with E-state index < -0.39 is 17.9 Å². The van der Waals surface area contributed by atoms with Crippen molar-refractivity contribution in [3.8, 4) is 6.07 Å². The van der Waals surface area contributed by atoms with Crippen LogP contribution in [-0.2, 0) is 9.59 Å². The van der Waals surface area contributed by atoms with Crippen molar-refractivity contribution in [2.45, 2.75) is 6.92 Å². The van der Waals surface area contributed by atoms with Gasteiger partial charge in [0.25, 0.3) is 0 Å². The van der Waals surface area contributed by atoms with E-state index in [4.69, 9.17) is 15.5 Å². The van der Waals surface area contributed by atoms with E-state index in [2.05, 4.69) is 0 Å². The number of carboxylic acid groups (broad SMARTS) is 2. The molecule has 0 saturated heterocycles. The van der Waals surface area contributed by atoms with Crippen molar-refractivity contribution in [1.82, 2.24) is 0 Å². The summed E-state index contributed by atoms with van der Waals surface area (Å²) in [4.78, 5) is 23.1. The molecule has 0 saturated carbocycles. The molecule has 1 aromatic carbocycles. The molecule has 0 amide bonds. The largest absolute Gasteiger partial charge is 0.481 e. The first-order valence-electron chi connectivity index (χ1n) is 5.63. The predicted octanol–water partition coefficient (Wildman–Crippen LogP) is 1.17. The minimum absolute atomic E-state index is 0.0660. The van der Waals surface area contributed by atoms with Gasteiger partial charge in [-0.2, -0.15) is 5.26 Å². The molecule has 19 heavy (non-hydrogen) atoms. The van der Waals surface area contributed by atoms with E-state index in [0.717, 1.165) is 0 Å². The zero-order valence-electron chi connectivity index (χ0n) is 10.4. The number of rotatable bonds is 6. The van der Waals surface area contributed by atoms with E-state index in [0.29, 0.717) is 11.3 Å². The maximum absolute atomic E-state index is 10.8. The van der Waals surface area contributed by atoms with Gasteiger partial charge in [-0.15, -0.1) is 0 Å². The van der Waals surface area contributed by atoms with Gasteiger partial charge in [-0.1, -0.05) is 13.0 Å². The van der Waals surface area contributed by atoms with Gasteiger partial charge in [-0.05, 0) is 18.2 Å². The third kappa shape index (κ3) is 4.32. The number of nitrogens with zero attached hydrogens (tertiary/aromatic N) is 2. The number of aliphatic carboxylic acids is 2. The highest BCUT2D eigenvalue weighted by atomic mass is 16.4. The second-order valence-corrected chi connectivity index (χ2v) is 4.18. The number of carboxylic acids is 2. The minimum Gasteiger partial charge on any atom is -0.481 e. The summed E-state index contributed by atoms with van der Waals surface area (Å²) in [5, 5.41) is 26.6. The smallest absolute Gasteiger partial charge is 0.323 e. The first-order chi connectivity index (χ1) is 8.93. The van der Waals surface area contributed by atoms with Gasteiger partial charge in [0.1, 0.15) is 6.54 Å². The van der Waals surface area contributed by atoms with Gasteiger partial charge >= 0.3 is 11.9 Å². The SMILES string of the molecule is CC(CN(CC(=O)O)c1cccc(C#N)c1)C(=O)O. The number of carbonyl (C=O) groups is 2. The minimum atomic E-state index is -1.06. The lowest BCUT2D eigenvalue weighted by Crippen LogP contribution is -2.35. The fraction of sp³-hybridized carbons (Fsp3) is 0.308. The van der Waals surface area contributed by atoms with Crippen LogP contribution in [0.1, 0.15) is 12.5 Å². The van der Waals surface area contributed by atoms with Crippen molar-refractivity contribution in [3.63, 3.8) is 0 Å². The number of nitriles is 1. The Morgan fingerprint density at radius 3 is 2.63 bits per heavy atom. The van der Waals surface area contributed by atoms with Crippen LogP contribution in [0.25, 0.3) is 0 Å². The van der Waals surface area contributed by atoms with E-state index in [-0.39, 0.29) is 13.1 Å². The summed E-state index contributed by atoms with van der Waals surface area (Å²) in [5.41, 5.74) is 0.922. The molecular formula is C13H14N2O4. The van der Waals surface area contributed by atoms with Crippen molar-refractivity contribution < 1.29 is 19.8 Å². The molecule has 0 aliphatic heterocycles. The molecule has 0 aliphatic rings.